The summed E-state index contributed by atoms with van der Waals surface area (Å²) in [7, 11) is 0. The maximum absolute atomic E-state index is 12.3. The van der Waals surface area contributed by atoms with Crippen molar-refractivity contribution in [3.05, 3.63) is 0 Å². The van der Waals surface area contributed by atoms with E-state index in [9.17, 15) is 19.2 Å². The summed E-state index contributed by atoms with van der Waals surface area (Å²) in [6.45, 7) is 4.76. The van der Waals surface area contributed by atoms with Gasteiger partial charge in [-0.25, -0.2) is 4.79 Å². The van der Waals surface area contributed by atoms with Crippen LogP contribution in [0.5, 0.6) is 0 Å². The minimum absolute atomic E-state index is 0.213. The third-order valence-corrected chi connectivity index (χ3v) is 2.94. The highest BCUT2D eigenvalue weighted by Gasteiger charge is 2.37. The third kappa shape index (κ3) is 3.43. The van der Waals surface area contributed by atoms with Crippen LogP contribution in [-0.4, -0.2) is 47.3 Å². The van der Waals surface area contributed by atoms with Crippen molar-refractivity contribution < 1.29 is 19.2 Å². The molecule has 1 rings (SSSR count). The number of imide groups is 1. The number of piperazine rings is 1. The summed E-state index contributed by atoms with van der Waals surface area (Å²) in [6, 6.07) is -2.45. The van der Waals surface area contributed by atoms with Crippen LogP contribution >= 0.6 is 0 Å². The molecule has 2 unspecified atom stereocenters. The first-order valence-electron chi connectivity index (χ1n) is 5.94. The fraction of sp³-hybridized carbons (Fsp3) is 0.636. The molecular formula is C11H18N4O4. The summed E-state index contributed by atoms with van der Waals surface area (Å²) in [6.07, 6.45) is 0. The highest BCUT2D eigenvalue weighted by Crippen LogP contribution is 2.11. The Kier molecular flexibility index (Phi) is 4.47. The Hall–Kier alpha value is -2.12. The van der Waals surface area contributed by atoms with Gasteiger partial charge >= 0.3 is 6.03 Å². The molecular weight excluding hydrogens is 252 g/mol. The van der Waals surface area contributed by atoms with Gasteiger partial charge in [-0.1, -0.05) is 13.8 Å². The Bertz CT molecular complexity index is 421. The molecule has 0 aromatic heterocycles. The standard InChI is InChI=1S/C11H18N4O4/c1-5(2)8(14-11(12)19)10(18)15-4-7(16)13-9(17)6(15)3/h5-6,8H,4H2,1-3H3,(H3,12,14,19)(H,13,16,17). The molecule has 106 valence electrons. The van der Waals surface area contributed by atoms with Gasteiger partial charge in [0.05, 0.1) is 0 Å². The van der Waals surface area contributed by atoms with Gasteiger partial charge in [-0.05, 0) is 12.8 Å². The Balaban J connectivity index is 2.91. The van der Waals surface area contributed by atoms with Gasteiger partial charge in [0.25, 0.3) is 0 Å². The van der Waals surface area contributed by atoms with Crippen LogP contribution in [0.15, 0.2) is 0 Å². The molecule has 19 heavy (non-hydrogen) atoms. The Morgan fingerprint density at radius 1 is 1.42 bits per heavy atom. The number of urea groups is 1. The molecule has 8 nitrogen and oxygen atoms in total. The van der Waals surface area contributed by atoms with E-state index in [0.717, 1.165) is 4.90 Å². The van der Waals surface area contributed by atoms with Crippen LogP contribution < -0.4 is 16.4 Å². The van der Waals surface area contributed by atoms with E-state index in [1.165, 1.54) is 6.92 Å². The average molecular weight is 270 g/mol. The average Bonchev–Trinajstić information content (AvgIpc) is 2.29. The van der Waals surface area contributed by atoms with Crippen LogP contribution in [0.1, 0.15) is 20.8 Å². The topological polar surface area (TPSA) is 122 Å². The SMILES string of the molecule is CC(C)C(NC(N)=O)C(=O)N1CC(=O)NC(=O)C1C. The number of amides is 5. The lowest BCUT2D eigenvalue weighted by Crippen LogP contribution is -2.63. The molecule has 0 aromatic rings. The second kappa shape index (κ2) is 5.68. The molecule has 4 N–H and O–H groups in total. The Labute approximate surface area is 110 Å². The molecule has 0 saturated carbocycles. The molecule has 1 fully saturated rings. The van der Waals surface area contributed by atoms with E-state index in [4.69, 9.17) is 5.73 Å². The number of hydrogen-bond donors (Lipinski definition) is 3. The van der Waals surface area contributed by atoms with Crippen molar-refractivity contribution in [3.8, 4) is 0 Å². The van der Waals surface area contributed by atoms with Crippen LogP contribution in [0.3, 0.4) is 0 Å². The Morgan fingerprint density at radius 2 is 2.00 bits per heavy atom. The maximum Gasteiger partial charge on any atom is 0.312 e. The van der Waals surface area contributed by atoms with Gasteiger partial charge in [0.2, 0.25) is 17.7 Å². The molecule has 0 bridgehead atoms. The second-order valence-corrected chi connectivity index (χ2v) is 4.78. The fourth-order valence-corrected chi connectivity index (χ4v) is 1.83. The van der Waals surface area contributed by atoms with Crippen molar-refractivity contribution in [3.63, 3.8) is 0 Å². The van der Waals surface area contributed by atoms with Crippen molar-refractivity contribution in [2.75, 3.05) is 6.54 Å². The molecule has 1 saturated heterocycles. The summed E-state index contributed by atoms with van der Waals surface area (Å²) in [5.74, 6) is -1.79. The summed E-state index contributed by atoms with van der Waals surface area (Å²) < 4.78 is 0. The maximum atomic E-state index is 12.3. The smallest absolute Gasteiger partial charge is 0.312 e. The van der Waals surface area contributed by atoms with Crippen LogP contribution in [-0.2, 0) is 14.4 Å². The summed E-state index contributed by atoms with van der Waals surface area (Å²) in [5.41, 5.74) is 5.02. The lowest BCUT2D eigenvalue weighted by atomic mass is 10.0. The van der Waals surface area contributed by atoms with E-state index in [-0.39, 0.29) is 12.5 Å². The normalized spacial score (nSPS) is 21.1. The van der Waals surface area contributed by atoms with Crippen molar-refractivity contribution >= 4 is 23.8 Å². The molecule has 0 spiro atoms. The quantitative estimate of drug-likeness (QED) is 0.543. The lowest BCUT2D eigenvalue weighted by molar-refractivity contribution is -0.150. The van der Waals surface area contributed by atoms with Gasteiger partial charge in [0, 0.05) is 0 Å². The van der Waals surface area contributed by atoms with E-state index in [1.54, 1.807) is 13.8 Å². The van der Waals surface area contributed by atoms with E-state index in [1.807, 2.05) is 0 Å². The number of nitrogens with zero attached hydrogens (tertiary/aromatic N) is 1. The van der Waals surface area contributed by atoms with Gasteiger partial charge in [-0.3, -0.25) is 19.7 Å². The lowest BCUT2D eigenvalue weighted by Gasteiger charge is -2.35. The minimum atomic E-state index is -0.862. The number of nitrogens with one attached hydrogen (secondary N) is 2. The molecule has 1 heterocycles. The zero-order chi connectivity index (χ0) is 14.7. The van der Waals surface area contributed by atoms with Crippen LogP contribution in [0.25, 0.3) is 0 Å². The highest BCUT2D eigenvalue weighted by atomic mass is 16.2. The highest BCUT2D eigenvalue weighted by molar-refractivity contribution is 6.05. The summed E-state index contributed by atoms with van der Waals surface area (Å²) in [5, 5.41) is 4.47. The molecule has 0 aromatic carbocycles. The molecule has 0 aliphatic carbocycles. The molecule has 5 amide bonds. The van der Waals surface area contributed by atoms with Crippen molar-refractivity contribution in [2.45, 2.75) is 32.9 Å². The van der Waals surface area contributed by atoms with Gasteiger partial charge in [-0.2, -0.15) is 0 Å². The predicted molar refractivity (Wildman–Crippen MR) is 65.7 cm³/mol. The first kappa shape index (κ1) is 14.9. The van der Waals surface area contributed by atoms with Crippen LogP contribution in [0, 0.1) is 5.92 Å². The summed E-state index contributed by atoms with van der Waals surface area (Å²) >= 11 is 0. The monoisotopic (exact) mass is 270 g/mol. The van der Waals surface area contributed by atoms with E-state index in [2.05, 4.69) is 10.6 Å². The first-order valence-corrected chi connectivity index (χ1v) is 5.94. The van der Waals surface area contributed by atoms with Crippen LogP contribution in [0.2, 0.25) is 0 Å². The first-order chi connectivity index (χ1) is 8.73. The number of primary amides is 1. The number of carbonyl (C=O) groups excluding carboxylic acids is 4. The van der Waals surface area contributed by atoms with Crippen molar-refractivity contribution in [1.82, 2.24) is 15.5 Å². The minimum Gasteiger partial charge on any atom is -0.352 e. The molecule has 1 aliphatic rings. The number of nitrogens with two attached hydrogens (primary N) is 1. The van der Waals surface area contributed by atoms with Crippen LogP contribution in [0.4, 0.5) is 4.79 Å². The molecule has 1 aliphatic heterocycles. The Morgan fingerprint density at radius 3 is 2.47 bits per heavy atom. The van der Waals surface area contributed by atoms with Gasteiger partial charge in [-0.15, -0.1) is 0 Å². The van der Waals surface area contributed by atoms with E-state index in [0.29, 0.717) is 0 Å². The zero-order valence-electron chi connectivity index (χ0n) is 11.1. The number of carbonyl (C=O) groups is 4. The molecule has 2 atom stereocenters. The molecule has 8 heteroatoms. The molecule has 0 radical (unpaired) electrons. The van der Waals surface area contributed by atoms with Gasteiger partial charge < -0.3 is 16.0 Å². The predicted octanol–water partition coefficient (Wildman–Crippen LogP) is -1.45. The van der Waals surface area contributed by atoms with E-state index < -0.39 is 35.8 Å². The zero-order valence-corrected chi connectivity index (χ0v) is 11.1. The van der Waals surface area contributed by atoms with Crippen molar-refractivity contribution in [1.29, 1.82) is 0 Å². The third-order valence-electron chi connectivity index (χ3n) is 2.94. The fourth-order valence-electron chi connectivity index (χ4n) is 1.83. The summed E-state index contributed by atoms with van der Waals surface area (Å²) in [4.78, 5) is 47.2. The largest absolute Gasteiger partial charge is 0.352 e. The van der Waals surface area contributed by atoms with Gasteiger partial charge in [0.1, 0.15) is 18.6 Å². The van der Waals surface area contributed by atoms with Gasteiger partial charge in [0.15, 0.2) is 0 Å². The second-order valence-electron chi connectivity index (χ2n) is 4.78. The number of hydrogen-bond acceptors (Lipinski definition) is 4. The van der Waals surface area contributed by atoms with Crippen molar-refractivity contribution in [2.24, 2.45) is 11.7 Å². The van der Waals surface area contributed by atoms with E-state index >= 15 is 0 Å². The number of rotatable bonds is 3.